The lowest BCUT2D eigenvalue weighted by Gasteiger charge is -2.36. The Morgan fingerprint density at radius 1 is 1.10 bits per heavy atom. The number of likely N-dealkylation sites (tertiary alicyclic amines) is 1. The van der Waals surface area contributed by atoms with Gasteiger partial charge in [0.05, 0.1) is 0 Å². The molecule has 0 aromatic carbocycles. The molecule has 1 aliphatic rings. The second-order valence-corrected chi connectivity index (χ2v) is 7.62. The van der Waals surface area contributed by atoms with E-state index in [2.05, 4.69) is 0 Å². The van der Waals surface area contributed by atoms with Gasteiger partial charge in [0, 0.05) is 30.7 Å². The molecule has 2 amide bonds. The average Bonchev–Trinajstić information content (AvgIpc) is 2.57. The number of nitrogens with zero attached hydrogens (tertiary/aromatic N) is 1. The summed E-state index contributed by atoms with van der Waals surface area (Å²) < 4.78 is 0. The zero-order chi connectivity index (χ0) is 15.7. The van der Waals surface area contributed by atoms with E-state index in [1.807, 2.05) is 41.5 Å². The second-order valence-electron chi connectivity index (χ2n) is 7.62. The van der Waals surface area contributed by atoms with Crippen molar-refractivity contribution in [2.75, 3.05) is 6.54 Å². The van der Waals surface area contributed by atoms with Gasteiger partial charge in [0.1, 0.15) is 5.78 Å². The molecule has 0 unspecified atom stereocenters. The van der Waals surface area contributed by atoms with Crippen LogP contribution in [0.4, 0.5) is 0 Å². The smallest absolute Gasteiger partial charge is 0.229 e. The lowest BCUT2D eigenvalue weighted by molar-refractivity contribution is -0.140. The zero-order valence-corrected chi connectivity index (χ0v) is 13.6. The molecular weight excluding hydrogens is 254 g/mol. The molecule has 4 heteroatoms. The van der Waals surface area contributed by atoms with Crippen LogP contribution in [-0.4, -0.2) is 29.0 Å². The van der Waals surface area contributed by atoms with Crippen LogP contribution < -0.4 is 0 Å². The van der Waals surface area contributed by atoms with Gasteiger partial charge in [-0.1, -0.05) is 41.5 Å². The Labute approximate surface area is 121 Å². The fourth-order valence-corrected chi connectivity index (χ4v) is 3.35. The van der Waals surface area contributed by atoms with Crippen LogP contribution >= 0.6 is 0 Å². The quantitative estimate of drug-likeness (QED) is 0.703. The number of amides is 2. The number of hydrogen-bond donors (Lipinski definition) is 0. The monoisotopic (exact) mass is 281 g/mol. The van der Waals surface area contributed by atoms with Crippen molar-refractivity contribution in [2.45, 2.75) is 60.8 Å². The normalized spacial score (nSPS) is 17.2. The summed E-state index contributed by atoms with van der Waals surface area (Å²) in [7, 11) is 0. The lowest BCUT2D eigenvalue weighted by Crippen LogP contribution is -2.42. The Kier molecular flexibility index (Phi) is 4.78. The number of ketones is 1. The van der Waals surface area contributed by atoms with E-state index in [0.29, 0.717) is 25.8 Å². The highest BCUT2D eigenvalue weighted by Gasteiger charge is 2.39. The summed E-state index contributed by atoms with van der Waals surface area (Å²) in [6.07, 6.45) is 1.31. The van der Waals surface area contributed by atoms with Gasteiger partial charge >= 0.3 is 0 Å². The molecule has 20 heavy (non-hydrogen) atoms. The van der Waals surface area contributed by atoms with Crippen molar-refractivity contribution in [1.29, 1.82) is 0 Å². The molecule has 1 aliphatic heterocycles. The first-order valence-electron chi connectivity index (χ1n) is 7.34. The van der Waals surface area contributed by atoms with Gasteiger partial charge in [-0.3, -0.25) is 19.3 Å². The molecule has 1 heterocycles. The molecular formula is C16H27NO3. The van der Waals surface area contributed by atoms with Crippen LogP contribution in [0, 0.1) is 16.7 Å². The molecule has 0 aromatic heterocycles. The SMILES string of the molecule is CC(C)C(=O)C(C)(C)CC(C)(C)CN1C(=O)CCC1=O. The first kappa shape index (κ1) is 16.9. The van der Waals surface area contributed by atoms with Gasteiger partial charge in [-0.05, 0) is 11.8 Å². The Bertz CT molecular complexity index is 405. The standard InChI is InChI=1S/C16H27NO3/c1-11(2)14(20)16(5,6)9-15(3,4)10-17-12(18)7-8-13(17)19/h11H,7-10H2,1-6H3. The number of Topliss-reactive ketones (excluding diaryl/α,β-unsaturated/α-hetero) is 1. The van der Waals surface area contributed by atoms with Crippen molar-refractivity contribution in [2.24, 2.45) is 16.7 Å². The molecule has 0 N–H and O–H groups in total. The minimum Gasteiger partial charge on any atom is -0.299 e. The third kappa shape index (κ3) is 3.90. The molecule has 0 saturated carbocycles. The fraction of sp³-hybridized carbons (Fsp3) is 0.812. The summed E-state index contributed by atoms with van der Waals surface area (Å²) >= 11 is 0. The van der Waals surface area contributed by atoms with Gasteiger partial charge in [0.2, 0.25) is 11.8 Å². The largest absolute Gasteiger partial charge is 0.299 e. The lowest BCUT2D eigenvalue weighted by atomic mass is 9.70. The molecule has 4 nitrogen and oxygen atoms in total. The van der Waals surface area contributed by atoms with E-state index in [4.69, 9.17) is 0 Å². The number of carbonyl (C=O) groups is 3. The van der Waals surface area contributed by atoms with E-state index >= 15 is 0 Å². The van der Waals surface area contributed by atoms with Crippen molar-refractivity contribution in [3.8, 4) is 0 Å². The number of carbonyl (C=O) groups excluding carboxylic acids is 3. The van der Waals surface area contributed by atoms with Crippen LogP contribution in [0.1, 0.15) is 60.8 Å². The predicted molar refractivity (Wildman–Crippen MR) is 78.0 cm³/mol. The summed E-state index contributed by atoms with van der Waals surface area (Å²) in [6, 6.07) is 0. The van der Waals surface area contributed by atoms with Gasteiger partial charge in [-0.15, -0.1) is 0 Å². The van der Waals surface area contributed by atoms with E-state index in [1.54, 1.807) is 0 Å². The molecule has 0 atom stereocenters. The van der Waals surface area contributed by atoms with Crippen molar-refractivity contribution < 1.29 is 14.4 Å². The zero-order valence-electron chi connectivity index (χ0n) is 13.6. The molecule has 1 fully saturated rings. The van der Waals surface area contributed by atoms with Gasteiger partial charge in [-0.25, -0.2) is 0 Å². The summed E-state index contributed by atoms with van der Waals surface area (Å²) in [6.45, 7) is 12.1. The molecule has 1 saturated heterocycles. The Balaban J connectivity index is 2.76. The highest BCUT2D eigenvalue weighted by molar-refractivity contribution is 6.01. The Morgan fingerprint density at radius 2 is 1.55 bits per heavy atom. The van der Waals surface area contributed by atoms with Crippen molar-refractivity contribution >= 4 is 17.6 Å². The fourth-order valence-electron chi connectivity index (χ4n) is 3.35. The van der Waals surface area contributed by atoms with E-state index in [9.17, 15) is 14.4 Å². The first-order valence-corrected chi connectivity index (χ1v) is 7.34. The van der Waals surface area contributed by atoms with Crippen LogP contribution in [0.25, 0.3) is 0 Å². The van der Waals surface area contributed by atoms with Crippen LogP contribution in [0.15, 0.2) is 0 Å². The number of hydrogen-bond acceptors (Lipinski definition) is 3. The summed E-state index contributed by atoms with van der Waals surface area (Å²) in [5.41, 5.74) is -0.701. The number of rotatable bonds is 6. The summed E-state index contributed by atoms with van der Waals surface area (Å²) in [4.78, 5) is 37.0. The second kappa shape index (κ2) is 5.66. The van der Waals surface area contributed by atoms with Crippen LogP contribution in [-0.2, 0) is 14.4 Å². The van der Waals surface area contributed by atoms with E-state index < -0.39 is 5.41 Å². The molecule has 1 rings (SSSR count). The molecule has 0 radical (unpaired) electrons. The van der Waals surface area contributed by atoms with Crippen molar-refractivity contribution in [3.05, 3.63) is 0 Å². The Morgan fingerprint density at radius 3 is 1.95 bits per heavy atom. The maximum absolute atomic E-state index is 12.3. The van der Waals surface area contributed by atoms with E-state index in [-0.39, 0.29) is 28.9 Å². The van der Waals surface area contributed by atoms with Crippen LogP contribution in [0.2, 0.25) is 0 Å². The molecule has 114 valence electrons. The van der Waals surface area contributed by atoms with Crippen LogP contribution in [0.5, 0.6) is 0 Å². The van der Waals surface area contributed by atoms with Gasteiger partial charge < -0.3 is 0 Å². The van der Waals surface area contributed by atoms with E-state index in [1.165, 1.54) is 4.90 Å². The van der Waals surface area contributed by atoms with Crippen LogP contribution in [0.3, 0.4) is 0 Å². The molecule has 0 aliphatic carbocycles. The molecule has 0 spiro atoms. The average molecular weight is 281 g/mol. The molecule has 0 aromatic rings. The summed E-state index contributed by atoms with van der Waals surface area (Å²) in [5.74, 6) is 0.0487. The minimum absolute atomic E-state index is 0.00384. The van der Waals surface area contributed by atoms with Crippen molar-refractivity contribution in [1.82, 2.24) is 4.90 Å². The minimum atomic E-state index is -0.441. The topological polar surface area (TPSA) is 54.5 Å². The van der Waals surface area contributed by atoms with E-state index in [0.717, 1.165) is 0 Å². The highest BCUT2D eigenvalue weighted by atomic mass is 16.2. The van der Waals surface area contributed by atoms with Gasteiger partial charge in [0.25, 0.3) is 0 Å². The Hall–Kier alpha value is -1.19. The first-order chi connectivity index (χ1) is 8.96. The predicted octanol–water partition coefficient (Wildman–Crippen LogP) is 2.80. The van der Waals surface area contributed by atoms with Crippen molar-refractivity contribution in [3.63, 3.8) is 0 Å². The molecule has 0 bridgehead atoms. The van der Waals surface area contributed by atoms with Gasteiger partial charge in [0.15, 0.2) is 0 Å². The maximum atomic E-state index is 12.3. The highest BCUT2D eigenvalue weighted by Crippen LogP contribution is 2.37. The maximum Gasteiger partial charge on any atom is 0.229 e. The third-order valence-electron chi connectivity index (χ3n) is 3.85. The summed E-state index contributed by atoms with van der Waals surface area (Å²) in [5, 5.41) is 0. The van der Waals surface area contributed by atoms with Gasteiger partial charge in [-0.2, -0.15) is 0 Å². The number of imide groups is 1. The third-order valence-corrected chi connectivity index (χ3v) is 3.85.